The lowest BCUT2D eigenvalue weighted by Gasteiger charge is -2.32. The summed E-state index contributed by atoms with van der Waals surface area (Å²) in [6.45, 7) is 0.402. The quantitative estimate of drug-likeness (QED) is 0.381. The number of ether oxygens (including phenoxy) is 1. The van der Waals surface area contributed by atoms with Gasteiger partial charge in [0, 0.05) is 6.54 Å². The summed E-state index contributed by atoms with van der Waals surface area (Å²) >= 11 is 0. The van der Waals surface area contributed by atoms with Crippen LogP contribution >= 0.6 is 0 Å². The summed E-state index contributed by atoms with van der Waals surface area (Å²) in [4.78, 5) is 30.2. The molecular weight excluding hydrogens is 535 g/mol. The lowest BCUT2D eigenvalue weighted by molar-refractivity contribution is -0.214. The monoisotopic (exact) mass is 560 g/mol. The number of halogens is 5. The number of alkyl halides is 5. The zero-order valence-electron chi connectivity index (χ0n) is 21.1. The molecule has 0 spiro atoms. The van der Waals surface area contributed by atoms with Crippen molar-refractivity contribution in [1.29, 1.82) is 0 Å². The highest BCUT2D eigenvalue weighted by Gasteiger charge is 2.47. The van der Waals surface area contributed by atoms with Crippen molar-refractivity contribution >= 4 is 17.6 Å². The van der Waals surface area contributed by atoms with Crippen LogP contribution in [0.5, 0.6) is 5.88 Å². The zero-order valence-corrected chi connectivity index (χ0v) is 21.1. The number of nitrogens with one attached hydrogen (secondary N) is 2. The van der Waals surface area contributed by atoms with Crippen molar-refractivity contribution in [3.63, 3.8) is 0 Å². The van der Waals surface area contributed by atoms with Gasteiger partial charge in [0.05, 0.1) is 49.7 Å². The number of aromatic nitrogens is 5. The van der Waals surface area contributed by atoms with Gasteiger partial charge >= 0.3 is 12.2 Å². The van der Waals surface area contributed by atoms with Gasteiger partial charge in [-0.3, -0.25) is 4.79 Å². The maximum Gasteiger partial charge on any atom is 0.393 e. The van der Waals surface area contributed by atoms with Gasteiger partial charge in [-0.2, -0.15) is 18.3 Å². The Hall–Kier alpha value is -4.05. The third-order valence-corrected chi connectivity index (χ3v) is 6.33. The van der Waals surface area contributed by atoms with Crippen molar-refractivity contribution in [2.24, 2.45) is 5.41 Å². The standard InChI is InChI=1S/C22H25F5N8O4/c1-20(2,22(25,26)27)5-4-13(31-17(36)16-18(38-3)33-39-32-16)14-9-35-15(30-14)6-12(7-29-35)8-34-11-21(23,24)10-28-19(34)37/h6-7,9,13H,4-5,8,10-11H2,1-3H3,(H,28,37)(H,31,36). The smallest absolute Gasteiger partial charge is 0.393 e. The molecule has 12 nitrogen and oxygen atoms in total. The number of nitrogens with zero attached hydrogens (tertiary/aromatic N) is 6. The fraction of sp³-hybridized carbons (Fsp3) is 0.545. The molecule has 3 aromatic heterocycles. The molecule has 212 valence electrons. The number of amides is 3. The van der Waals surface area contributed by atoms with Crippen molar-refractivity contribution in [2.75, 3.05) is 20.2 Å². The molecule has 1 fully saturated rings. The van der Waals surface area contributed by atoms with Gasteiger partial charge in [-0.05, 0) is 34.8 Å². The molecule has 0 saturated carbocycles. The summed E-state index contributed by atoms with van der Waals surface area (Å²) in [6, 6.07) is -0.172. The minimum atomic E-state index is -4.49. The maximum atomic E-state index is 13.7. The van der Waals surface area contributed by atoms with Gasteiger partial charge in [-0.1, -0.05) is 13.8 Å². The Balaban J connectivity index is 1.59. The topological polar surface area (TPSA) is 140 Å². The van der Waals surface area contributed by atoms with E-state index in [0.29, 0.717) is 5.56 Å². The van der Waals surface area contributed by atoms with Crippen molar-refractivity contribution in [1.82, 2.24) is 40.4 Å². The van der Waals surface area contributed by atoms with Crippen LogP contribution in [-0.4, -0.2) is 74.0 Å². The second-order valence-electron chi connectivity index (χ2n) is 9.77. The number of methoxy groups -OCH3 is 1. The zero-order chi connectivity index (χ0) is 28.6. The molecule has 1 saturated heterocycles. The van der Waals surface area contributed by atoms with E-state index in [1.807, 2.05) is 0 Å². The third kappa shape index (κ3) is 6.17. The molecule has 4 heterocycles. The first kappa shape index (κ1) is 28.0. The Morgan fingerprint density at radius 2 is 2.05 bits per heavy atom. The summed E-state index contributed by atoms with van der Waals surface area (Å²) in [5.74, 6) is -4.12. The van der Waals surface area contributed by atoms with Gasteiger partial charge in [0.1, 0.15) is 0 Å². The number of urea groups is 1. The number of carbonyl (C=O) groups excluding carboxylic acids is 2. The minimum absolute atomic E-state index is 0.161. The average molecular weight is 560 g/mol. The van der Waals surface area contributed by atoms with Gasteiger partial charge in [-0.25, -0.2) is 27.7 Å². The second-order valence-corrected chi connectivity index (χ2v) is 9.77. The number of rotatable bonds is 9. The van der Waals surface area contributed by atoms with E-state index in [0.717, 1.165) is 18.7 Å². The molecule has 0 bridgehead atoms. The molecule has 1 unspecified atom stereocenters. The minimum Gasteiger partial charge on any atom is -0.477 e. The highest BCUT2D eigenvalue weighted by Crippen LogP contribution is 2.42. The SMILES string of the molecule is COc1nonc1C(=O)NC(CCC(C)(C)C(F)(F)F)c1cn2ncc(CN3CC(F)(F)CNC3=O)cc2n1. The highest BCUT2D eigenvalue weighted by atomic mass is 19.4. The predicted octanol–water partition coefficient (Wildman–Crippen LogP) is 3.12. The average Bonchev–Trinajstić information content (AvgIpc) is 3.50. The number of hydrogen-bond acceptors (Lipinski definition) is 8. The van der Waals surface area contributed by atoms with E-state index in [1.165, 1.54) is 30.1 Å². The van der Waals surface area contributed by atoms with E-state index in [4.69, 9.17) is 4.74 Å². The van der Waals surface area contributed by atoms with E-state index in [9.17, 15) is 31.5 Å². The third-order valence-electron chi connectivity index (χ3n) is 6.33. The lowest BCUT2D eigenvalue weighted by Crippen LogP contribution is -2.56. The molecule has 1 aliphatic heterocycles. The van der Waals surface area contributed by atoms with Crippen LogP contribution in [0, 0.1) is 5.41 Å². The molecule has 3 aromatic rings. The Labute approximate surface area is 217 Å². The molecule has 2 N–H and O–H groups in total. The molecule has 0 radical (unpaired) electrons. The van der Waals surface area contributed by atoms with Crippen molar-refractivity contribution in [3.05, 3.63) is 35.4 Å². The molecule has 3 amide bonds. The molecule has 17 heteroatoms. The number of imidazole rings is 1. The molecule has 1 atom stereocenters. The lowest BCUT2D eigenvalue weighted by atomic mass is 9.85. The van der Waals surface area contributed by atoms with Crippen molar-refractivity contribution in [3.8, 4) is 5.88 Å². The Morgan fingerprint density at radius 3 is 2.74 bits per heavy atom. The van der Waals surface area contributed by atoms with E-state index in [-0.39, 0.29) is 42.3 Å². The number of fused-ring (bicyclic) bond motifs is 1. The Bertz CT molecular complexity index is 1360. The first-order chi connectivity index (χ1) is 18.2. The van der Waals surface area contributed by atoms with Gasteiger partial charge in [0.25, 0.3) is 17.7 Å². The molecule has 4 rings (SSSR count). The van der Waals surface area contributed by atoms with Crippen LogP contribution in [0.1, 0.15) is 54.5 Å². The summed E-state index contributed by atoms with van der Waals surface area (Å²) in [6.07, 6.45) is -2.24. The molecule has 39 heavy (non-hydrogen) atoms. The van der Waals surface area contributed by atoms with E-state index in [1.54, 1.807) is 0 Å². The van der Waals surface area contributed by atoms with Crippen LogP contribution in [-0.2, 0) is 6.54 Å². The number of carbonyl (C=O) groups is 2. The fourth-order valence-electron chi connectivity index (χ4n) is 3.88. The number of hydrogen-bond donors (Lipinski definition) is 2. The first-order valence-electron chi connectivity index (χ1n) is 11.7. The van der Waals surface area contributed by atoms with Crippen molar-refractivity contribution < 1.29 is 40.9 Å². The normalized spacial score (nSPS) is 16.7. The largest absolute Gasteiger partial charge is 0.477 e. The predicted molar refractivity (Wildman–Crippen MR) is 122 cm³/mol. The van der Waals surface area contributed by atoms with Crippen LogP contribution in [0.3, 0.4) is 0 Å². The van der Waals surface area contributed by atoms with Crippen LogP contribution in [0.4, 0.5) is 26.7 Å². The fourth-order valence-corrected chi connectivity index (χ4v) is 3.88. The van der Waals surface area contributed by atoms with Crippen LogP contribution in [0.2, 0.25) is 0 Å². The van der Waals surface area contributed by atoms with Crippen LogP contribution in [0.25, 0.3) is 5.65 Å². The van der Waals surface area contributed by atoms with Gasteiger partial charge < -0.3 is 20.3 Å². The summed E-state index contributed by atoms with van der Waals surface area (Å²) < 4.78 is 78.7. The van der Waals surface area contributed by atoms with E-state index >= 15 is 0 Å². The first-order valence-corrected chi connectivity index (χ1v) is 11.7. The molecule has 1 aliphatic rings. The Kier molecular flexibility index (Phi) is 7.36. The Morgan fingerprint density at radius 1 is 1.31 bits per heavy atom. The van der Waals surface area contributed by atoms with Crippen LogP contribution < -0.4 is 15.4 Å². The summed E-state index contributed by atoms with van der Waals surface area (Å²) in [7, 11) is 1.24. The van der Waals surface area contributed by atoms with Gasteiger partial charge in [0.2, 0.25) is 5.69 Å². The summed E-state index contributed by atoms with van der Waals surface area (Å²) in [5.41, 5.74) is -1.57. The highest BCUT2D eigenvalue weighted by molar-refractivity contribution is 5.94. The molecular formula is C22H25F5N8O4. The van der Waals surface area contributed by atoms with Crippen LogP contribution in [0.15, 0.2) is 23.1 Å². The second kappa shape index (κ2) is 10.3. The molecule has 0 aliphatic carbocycles. The van der Waals surface area contributed by atoms with E-state index in [2.05, 4.69) is 35.7 Å². The van der Waals surface area contributed by atoms with Crippen molar-refractivity contribution in [2.45, 2.75) is 51.4 Å². The van der Waals surface area contributed by atoms with Gasteiger partial charge in [-0.15, -0.1) is 0 Å². The van der Waals surface area contributed by atoms with E-state index < -0.39 is 48.6 Å². The maximum absolute atomic E-state index is 13.7. The summed E-state index contributed by atoms with van der Waals surface area (Å²) in [5, 5.41) is 15.8. The van der Waals surface area contributed by atoms with Gasteiger partial charge in [0.15, 0.2) is 5.65 Å². The molecule has 0 aromatic carbocycles.